The van der Waals surface area contributed by atoms with Gasteiger partial charge in [-0.25, -0.2) is 4.39 Å². The Hall–Kier alpha value is -2.50. The van der Waals surface area contributed by atoms with Crippen LogP contribution in [0.5, 0.6) is 0 Å². The zero-order valence-corrected chi connectivity index (χ0v) is 16.6. The summed E-state index contributed by atoms with van der Waals surface area (Å²) in [6, 6.07) is 17.1. The number of benzene rings is 2. The Morgan fingerprint density at radius 2 is 2.00 bits per heavy atom. The normalized spacial score (nSPS) is 20.1. The van der Waals surface area contributed by atoms with Gasteiger partial charge >= 0.3 is 0 Å². The molecule has 1 unspecified atom stereocenters. The van der Waals surface area contributed by atoms with Gasteiger partial charge in [0.2, 0.25) is 0 Å². The lowest BCUT2D eigenvalue weighted by molar-refractivity contribution is 0.0224. The lowest BCUT2D eigenvalue weighted by atomic mass is 9.76. The standard InChI is InChI=1S/C24H28FN3O/c25-22-9-4-8-20(14-22)23-21(15-26-27-23)16-28-13-5-11-24(17-28,18-29)12-10-19-6-2-1-3-7-19/h1-4,6-9,14-15,29H,5,10-13,16-18H2,(H,26,27). The molecule has 3 aromatic rings. The maximum absolute atomic E-state index is 13.6. The molecule has 2 N–H and O–H groups in total. The monoisotopic (exact) mass is 393 g/mol. The zero-order chi connectivity index (χ0) is 20.1. The van der Waals surface area contributed by atoms with Crippen LogP contribution >= 0.6 is 0 Å². The number of nitrogens with zero attached hydrogens (tertiary/aromatic N) is 2. The summed E-state index contributed by atoms with van der Waals surface area (Å²) in [7, 11) is 0. The number of aliphatic hydroxyl groups excluding tert-OH is 1. The van der Waals surface area contributed by atoms with E-state index in [-0.39, 0.29) is 17.8 Å². The van der Waals surface area contributed by atoms with E-state index in [1.807, 2.05) is 18.3 Å². The van der Waals surface area contributed by atoms with Gasteiger partial charge in [-0.1, -0.05) is 42.5 Å². The van der Waals surface area contributed by atoms with Crippen molar-refractivity contribution in [3.8, 4) is 11.3 Å². The Labute approximate surface area is 171 Å². The molecular weight excluding hydrogens is 365 g/mol. The zero-order valence-electron chi connectivity index (χ0n) is 16.6. The van der Waals surface area contributed by atoms with E-state index in [0.29, 0.717) is 0 Å². The molecule has 0 aliphatic carbocycles. The van der Waals surface area contributed by atoms with Crippen LogP contribution in [-0.4, -0.2) is 39.9 Å². The molecule has 0 saturated carbocycles. The molecule has 4 rings (SSSR count). The number of aryl methyl sites for hydroxylation is 1. The third-order valence-electron chi connectivity index (χ3n) is 6.09. The summed E-state index contributed by atoms with van der Waals surface area (Å²) in [6.45, 7) is 2.82. The van der Waals surface area contributed by atoms with Crippen molar-refractivity contribution in [1.29, 1.82) is 0 Å². The number of rotatable bonds is 7. The van der Waals surface area contributed by atoms with Crippen molar-refractivity contribution in [1.82, 2.24) is 15.1 Å². The quantitative estimate of drug-likeness (QED) is 0.625. The van der Waals surface area contributed by atoms with E-state index in [9.17, 15) is 9.50 Å². The third kappa shape index (κ3) is 4.74. The van der Waals surface area contributed by atoms with Crippen LogP contribution in [0.4, 0.5) is 4.39 Å². The van der Waals surface area contributed by atoms with Crippen molar-refractivity contribution in [2.24, 2.45) is 5.41 Å². The van der Waals surface area contributed by atoms with Crippen LogP contribution in [0.1, 0.15) is 30.4 Å². The second-order valence-electron chi connectivity index (χ2n) is 8.24. The van der Waals surface area contributed by atoms with Crippen molar-refractivity contribution in [2.45, 2.75) is 32.2 Å². The largest absolute Gasteiger partial charge is 0.396 e. The summed E-state index contributed by atoms with van der Waals surface area (Å²) in [4.78, 5) is 2.40. The number of hydrogen-bond acceptors (Lipinski definition) is 3. The topological polar surface area (TPSA) is 52.1 Å². The Kier molecular flexibility index (Phi) is 6.07. The smallest absolute Gasteiger partial charge is 0.123 e. The minimum absolute atomic E-state index is 0.0726. The highest BCUT2D eigenvalue weighted by atomic mass is 19.1. The summed E-state index contributed by atoms with van der Waals surface area (Å²) in [5, 5.41) is 17.5. The van der Waals surface area contributed by atoms with E-state index >= 15 is 0 Å². The molecule has 0 amide bonds. The first kappa shape index (κ1) is 19.8. The molecule has 0 spiro atoms. The number of likely N-dealkylation sites (tertiary alicyclic amines) is 1. The Bertz CT molecular complexity index is 927. The molecule has 1 atom stereocenters. The van der Waals surface area contributed by atoms with E-state index in [1.165, 1.54) is 17.7 Å². The molecule has 1 saturated heterocycles. The number of piperidine rings is 1. The number of aromatic nitrogens is 2. The van der Waals surface area contributed by atoms with Crippen LogP contribution in [0.15, 0.2) is 60.8 Å². The van der Waals surface area contributed by atoms with Crippen LogP contribution in [-0.2, 0) is 13.0 Å². The highest BCUT2D eigenvalue weighted by Crippen LogP contribution is 2.35. The van der Waals surface area contributed by atoms with E-state index in [2.05, 4.69) is 39.4 Å². The maximum atomic E-state index is 13.6. The van der Waals surface area contributed by atoms with Gasteiger partial charge in [0.15, 0.2) is 0 Å². The molecule has 5 heteroatoms. The fourth-order valence-electron chi connectivity index (χ4n) is 4.48. The lowest BCUT2D eigenvalue weighted by Gasteiger charge is -2.42. The molecule has 1 aliphatic rings. The lowest BCUT2D eigenvalue weighted by Crippen LogP contribution is -2.45. The second kappa shape index (κ2) is 8.89. The number of aliphatic hydroxyl groups is 1. The first-order valence-corrected chi connectivity index (χ1v) is 10.3. The van der Waals surface area contributed by atoms with Crippen LogP contribution in [0, 0.1) is 11.2 Å². The average molecular weight is 394 g/mol. The number of aromatic amines is 1. The van der Waals surface area contributed by atoms with Gasteiger partial charge < -0.3 is 5.11 Å². The summed E-state index contributed by atoms with van der Waals surface area (Å²) in [5.41, 5.74) is 3.99. The molecule has 2 heterocycles. The molecule has 0 radical (unpaired) electrons. The van der Waals surface area contributed by atoms with Gasteiger partial charge in [0.05, 0.1) is 11.9 Å². The predicted molar refractivity (Wildman–Crippen MR) is 113 cm³/mol. The van der Waals surface area contributed by atoms with Gasteiger partial charge in [-0.2, -0.15) is 5.10 Å². The van der Waals surface area contributed by atoms with Crippen molar-refractivity contribution in [2.75, 3.05) is 19.7 Å². The van der Waals surface area contributed by atoms with Gasteiger partial charge in [-0.15, -0.1) is 0 Å². The van der Waals surface area contributed by atoms with E-state index in [1.54, 1.807) is 6.07 Å². The van der Waals surface area contributed by atoms with Crippen molar-refractivity contribution < 1.29 is 9.50 Å². The summed E-state index contributed by atoms with van der Waals surface area (Å²) in [6.07, 6.45) is 5.92. The highest BCUT2D eigenvalue weighted by Gasteiger charge is 2.34. The molecule has 4 nitrogen and oxygen atoms in total. The summed E-state index contributed by atoms with van der Waals surface area (Å²) >= 11 is 0. The van der Waals surface area contributed by atoms with Crippen molar-refractivity contribution in [3.05, 3.63) is 77.7 Å². The highest BCUT2D eigenvalue weighted by molar-refractivity contribution is 5.62. The first-order valence-electron chi connectivity index (χ1n) is 10.3. The van der Waals surface area contributed by atoms with E-state index in [4.69, 9.17) is 0 Å². The third-order valence-corrected chi connectivity index (χ3v) is 6.09. The van der Waals surface area contributed by atoms with Crippen LogP contribution in [0.3, 0.4) is 0 Å². The van der Waals surface area contributed by atoms with Crippen LogP contribution in [0.2, 0.25) is 0 Å². The fourth-order valence-corrected chi connectivity index (χ4v) is 4.48. The molecule has 1 aromatic heterocycles. The Morgan fingerprint density at radius 3 is 2.79 bits per heavy atom. The van der Waals surface area contributed by atoms with Gasteiger partial charge in [0.1, 0.15) is 5.82 Å². The first-order chi connectivity index (χ1) is 14.2. The summed E-state index contributed by atoms with van der Waals surface area (Å²) in [5.74, 6) is -0.249. The number of hydrogen-bond donors (Lipinski definition) is 2. The molecule has 1 aliphatic heterocycles. The molecular formula is C24H28FN3O. The maximum Gasteiger partial charge on any atom is 0.123 e. The molecule has 0 bridgehead atoms. The minimum atomic E-state index is -0.249. The Balaban J connectivity index is 1.45. The second-order valence-corrected chi connectivity index (χ2v) is 8.24. The SMILES string of the molecule is OCC1(CCc2ccccc2)CCCN(Cc2cn[nH]c2-c2cccc(F)c2)C1. The van der Waals surface area contributed by atoms with Gasteiger partial charge in [-0.05, 0) is 49.9 Å². The Morgan fingerprint density at radius 1 is 1.14 bits per heavy atom. The van der Waals surface area contributed by atoms with Crippen LogP contribution in [0.25, 0.3) is 11.3 Å². The van der Waals surface area contributed by atoms with Crippen LogP contribution < -0.4 is 0 Å². The number of nitrogens with one attached hydrogen (secondary N) is 1. The average Bonchev–Trinajstić information content (AvgIpc) is 3.21. The summed E-state index contributed by atoms with van der Waals surface area (Å²) < 4.78 is 13.6. The predicted octanol–water partition coefficient (Wildman–Crippen LogP) is 4.42. The molecule has 152 valence electrons. The van der Waals surface area contributed by atoms with Gasteiger partial charge in [0, 0.05) is 36.2 Å². The van der Waals surface area contributed by atoms with Gasteiger partial charge in [-0.3, -0.25) is 10.00 Å². The van der Waals surface area contributed by atoms with Crippen molar-refractivity contribution in [3.63, 3.8) is 0 Å². The number of halogens is 1. The minimum Gasteiger partial charge on any atom is -0.396 e. The molecule has 29 heavy (non-hydrogen) atoms. The van der Waals surface area contributed by atoms with Gasteiger partial charge in [0.25, 0.3) is 0 Å². The van der Waals surface area contributed by atoms with E-state index in [0.717, 1.165) is 62.1 Å². The molecule has 1 fully saturated rings. The number of H-pyrrole nitrogens is 1. The molecule has 2 aromatic carbocycles. The van der Waals surface area contributed by atoms with Crippen molar-refractivity contribution >= 4 is 0 Å². The van der Waals surface area contributed by atoms with E-state index < -0.39 is 0 Å². The fraction of sp³-hybridized carbons (Fsp3) is 0.375.